The lowest BCUT2D eigenvalue weighted by Gasteiger charge is -2.56. The van der Waals surface area contributed by atoms with E-state index in [1.807, 2.05) is 41.3 Å². The van der Waals surface area contributed by atoms with E-state index in [-0.39, 0.29) is 13.0 Å². The second-order valence-electron chi connectivity index (χ2n) is 6.31. The fourth-order valence-corrected chi connectivity index (χ4v) is 4.02. The zero-order valence-corrected chi connectivity index (χ0v) is 14.1. The first-order chi connectivity index (χ1) is 11.9. The van der Waals surface area contributed by atoms with Crippen LogP contribution in [0.15, 0.2) is 60.7 Å². The Morgan fingerprint density at radius 2 is 1.56 bits per heavy atom. The Balaban J connectivity index is 2.24. The predicted octanol–water partition coefficient (Wildman–Crippen LogP) is 3.92. The van der Waals surface area contributed by atoms with Crippen LogP contribution < -0.4 is 10.7 Å². The largest absolute Gasteiger partial charge is 0.408 e. The van der Waals surface area contributed by atoms with Gasteiger partial charge in [-0.3, -0.25) is 5.84 Å². The van der Waals surface area contributed by atoms with E-state index in [1.54, 1.807) is 31.2 Å². The Bertz CT molecular complexity index is 690. The van der Waals surface area contributed by atoms with Gasteiger partial charge in [-0.2, -0.15) is 13.2 Å². The molecule has 0 aliphatic carbocycles. The molecule has 134 valence electrons. The highest BCUT2D eigenvalue weighted by Gasteiger charge is 2.60. The topological polar surface area (TPSA) is 32.5 Å². The second-order valence-corrected chi connectivity index (χ2v) is 6.31. The van der Waals surface area contributed by atoms with E-state index in [0.717, 1.165) is 10.7 Å². The molecule has 1 fully saturated rings. The van der Waals surface area contributed by atoms with Crippen molar-refractivity contribution in [3.63, 3.8) is 0 Å². The molecular weight excluding hydrogens is 327 g/mol. The average Bonchev–Trinajstić information content (AvgIpc) is 2.61. The molecule has 2 aromatic carbocycles. The van der Waals surface area contributed by atoms with E-state index in [2.05, 4.69) is 0 Å². The van der Waals surface area contributed by atoms with Crippen LogP contribution in [0.4, 0.5) is 18.9 Å². The lowest BCUT2D eigenvalue weighted by atomic mass is 9.76. The highest BCUT2D eigenvalue weighted by atomic mass is 19.4. The molecule has 1 aliphatic heterocycles. The summed E-state index contributed by atoms with van der Waals surface area (Å²) in [6, 6.07) is 16.4. The maximum atomic E-state index is 14.1. The summed E-state index contributed by atoms with van der Waals surface area (Å²) in [5, 5.41) is 0.954. The van der Waals surface area contributed by atoms with Crippen molar-refractivity contribution in [3.8, 4) is 0 Å². The summed E-state index contributed by atoms with van der Waals surface area (Å²) < 4.78 is 42.3. The fourth-order valence-electron chi connectivity index (χ4n) is 4.02. The van der Waals surface area contributed by atoms with E-state index in [4.69, 9.17) is 5.84 Å². The Hall–Kier alpha value is -2.05. The van der Waals surface area contributed by atoms with Crippen molar-refractivity contribution in [2.24, 2.45) is 5.84 Å². The van der Waals surface area contributed by atoms with Gasteiger partial charge in [-0.05, 0) is 24.1 Å². The van der Waals surface area contributed by atoms with E-state index < -0.39 is 17.8 Å². The number of hydrogen-bond donors (Lipinski definition) is 1. The van der Waals surface area contributed by atoms with E-state index in [9.17, 15) is 13.2 Å². The lowest BCUT2D eigenvalue weighted by molar-refractivity contribution is -0.211. The molecule has 1 aliphatic rings. The average molecular weight is 349 g/mol. The quantitative estimate of drug-likeness (QED) is 0.853. The van der Waals surface area contributed by atoms with Crippen molar-refractivity contribution in [2.75, 3.05) is 18.0 Å². The molecule has 1 saturated heterocycles. The molecule has 1 heterocycles. The molecular formula is C19H22F3N3. The third kappa shape index (κ3) is 3.00. The number of rotatable bonds is 3. The van der Waals surface area contributed by atoms with E-state index >= 15 is 0 Å². The number of nitrogens with two attached hydrogens (primary N) is 1. The predicted molar refractivity (Wildman–Crippen MR) is 92.9 cm³/mol. The summed E-state index contributed by atoms with van der Waals surface area (Å²) in [5.74, 6) is 5.88. The first-order valence-electron chi connectivity index (χ1n) is 8.37. The highest BCUT2D eigenvalue weighted by molar-refractivity contribution is 5.53. The van der Waals surface area contributed by atoms with Gasteiger partial charge in [0.2, 0.25) is 0 Å². The molecule has 0 radical (unpaired) electrons. The zero-order chi connectivity index (χ0) is 18.1. The molecule has 25 heavy (non-hydrogen) atoms. The Kier molecular flexibility index (Phi) is 4.75. The number of hydrogen-bond acceptors (Lipinski definition) is 3. The number of piperazine rings is 1. The number of hydrazine groups is 1. The van der Waals surface area contributed by atoms with Crippen LogP contribution in [0.1, 0.15) is 18.9 Å². The summed E-state index contributed by atoms with van der Waals surface area (Å²) in [6.07, 6.45) is -4.17. The number of para-hydroxylation sites is 1. The molecule has 6 heteroatoms. The van der Waals surface area contributed by atoms with Crippen molar-refractivity contribution in [3.05, 3.63) is 66.2 Å². The third-order valence-corrected chi connectivity index (χ3v) is 5.04. The minimum absolute atomic E-state index is 0.146. The molecule has 3 rings (SSSR count). The summed E-state index contributed by atoms with van der Waals surface area (Å²) in [6.45, 7) is 2.37. The van der Waals surface area contributed by atoms with Crippen LogP contribution in [-0.2, 0) is 5.54 Å². The molecule has 2 unspecified atom stereocenters. The van der Waals surface area contributed by atoms with Gasteiger partial charge in [-0.25, -0.2) is 5.01 Å². The number of anilines is 1. The third-order valence-electron chi connectivity index (χ3n) is 5.04. The van der Waals surface area contributed by atoms with Crippen LogP contribution in [0, 0.1) is 0 Å². The molecule has 0 aromatic heterocycles. The molecule has 0 bridgehead atoms. The van der Waals surface area contributed by atoms with Crippen LogP contribution in [-0.4, -0.2) is 30.3 Å². The monoisotopic (exact) mass is 349 g/mol. The number of halogens is 3. The normalized spacial score (nSPS) is 25.2. The molecule has 2 atom stereocenters. The van der Waals surface area contributed by atoms with Gasteiger partial charge in [0.05, 0.1) is 5.54 Å². The van der Waals surface area contributed by atoms with Crippen molar-refractivity contribution in [1.29, 1.82) is 0 Å². The van der Waals surface area contributed by atoms with Gasteiger partial charge in [0.25, 0.3) is 0 Å². The van der Waals surface area contributed by atoms with Crippen molar-refractivity contribution < 1.29 is 13.2 Å². The van der Waals surface area contributed by atoms with Crippen LogP contribution in [0.3, 0.4) is 0 Å². The van der Waals surface area contributed by atoms with Gasteiger partial charge in [0.1, 0.15) is 6.04 Å². The smallest absolute Gasteiger partial charge is 0.358 e. The minimum atomic E-state index is -4.45. The van der Waals surface area contributed by atoms with Crippen LogP contribution in [0.2, 0.25) is 0 Å². The van der Waals surface area contributed by atoms with E-state index in [0.29, 0.717) is 12.1 Å². The summed E-state index contributed by atoms with van der Waals surface area (Å²) >= 11 is 0. The molecule has 2 aromatic rings. The van der Waals surface area contributed by atoms with Crippen molar-refractivity contribution in [2.45, 2.75) is 31.1 Å². The zero-order valence-electron chi connectivity index (χ0n) is 14.1. The Morgan fingerprint density at radius 3 is 2.08 bits per heavy atom. The minimum Gasteiger partial charge on any atom is -0.358 e. The Morgan fingerprint density at radius 1 is 1.00 bits per heavy atom. The van der Waals surface area contributed by atoms with Gasteiger partial charge >= 0.3 is 6.18 Å². The van der Waals surface area contributed by atoms with Gasteiger partial charge in [-0.15, -0.1) is 0 Å². The van der Waals surface area contributed by atoms with Gasteiger partial charge < -0.3 is 4.90 Å². The maximum Gasteiger partial charge on any atom is 0.408 e. The fraction of sp³-hybridized carbons (Fsp3) is 0.368. The summed E-state index contributed by atoms with van der Waals surface area (Å²) in [4.78, 5) is 1.86. The number of benzene rings is 2. The van der Waals surface area contributed by atoms with Crippen molar-refractivity contribution in [1.82, 2.24) is 5.01 Å². The maximum absolute atomic E-state index is 14.1. The van der Waals surface area contributed by atoms with Crippen LogP contribution >= 0.6 is 0 Å². The van der Waals surface area contributed by atoms with Gasteiger partial charge in [0.15, 0.2) is 0 Å². The lowest BCUT2D eigenvalue weighted by Crippen LogP contribution is -2.72. The molecule has 3 nitrogen and oxygen atoms in total. The second kappa shape index (κ2) is 6.69. The molecule has 0 saturated carbocycles. The molecule has 0 amide bonds. The van der Waals surface area contributed by atoms with Crippen LogP contribution in [0.5, 0.6) is 0 Å². The molecule has 2 N–H and O–H groups in total. The first-order valence-corrected chi connectivity index (χ1v) is 8.37. The highest BCUT2D eigenvalue weighted by Crippen LogP contribution is 2.47. The number of nitrogens with zero attached hydrogens (tertiary/aromatic N) is 2. The number of alkyl halides is 3. The van der Waals surface area contributed by atoms with Crippen LogP contribution in [0.25, 0.3) is 0 Å². The standard InChI is InChI=1S/C19H22F3N3/c1-2-18(15-9-5-3-6-10-15)17(19(20,21)22)25(23)14-13-24(18)16-11-7-4-8-12-16/h3-12,17H,2,13-14,23H2,1H3. The SMILES string of the molecule is CCC1(c2ccccc2)C(C(F)(F)F)N(N)CCN1c1ccccc1. The first kappa shape index (κ1) is 17.8. The summed E-state index contributed by atoms with van der Waals surface area (Å²) in [5.41, 5.74) is 0.114. The van der Waals surface area contributed by atoms with Gasteiger partial charge in [0, 0.05) is 18.8 Å². The summed E-state index contributed by atoms with van der Waals surface area (Å²) in [7, 11) is 0. The van der Waals surface area contributed by atoms with Crippen molar-refractivity contribution >= 4 is 5.69 Å². The Labute approximate surface area is 145 Å². The molecule has 0 spiro atoms. The van der Waals surface area contributed by atoms with Gasteiger partial charge in [-0.1, -0.05) is 55.5 Å². The van der Waals surface area contributed by atoms with E-state index in [1.165, 1.54) is 0 Å².